The number of furan rings is 1. The molecular formula is C24H24N4O2S. The molecule has 158 valence electrons. The van der Waals surface area contributed by atoms with Crippen LogP contribution in [0.5, 0.6) is 11.5 Å². The summed E-state index contributed by atoms with van der Waals surface area (Å²) >= 11 is 5.43. The third-order valence-electron chi connectivity index (χ3n) is 4.83. The maximum atomic E-state index is 5.95. The van der Waals surface area contributed by atoms with Gasteiger partial charge in [-0.3, -0.25) is 4.68 Å². The molecule has 0 aliphatic rings. The zero-order valence-corrected chi connectivity index (χ0v) is 18.3. The second kappa shape index (κ2) is 9.49. The van der Waals surface area contributed by atoms with E-state index in [1.165, 1.54) is 0 Å². The highest BCUT2D eigenvalue weighted by molar-refractivity contribution is 7.80. The number of thiocarbonyl (C=S) groups is 1. The lowest BCUT2D eigenvalue weighted by atomic mass is 10.2. The highest BCUT2D eigenvalue weighted by atomic mass is 32.1. The largest absolute Gasteiger partial charge is 0.467 e. The van der Waals surface area contributed by atoms with E-state index in [0.29, 0.717) is 18.2 Å². The SMILES string of the molecule is Cc1nn(Cc2cccc(Oc3ccccc3)c2)c(C)c1NC(=S)NCc1ccco1. The first kappa shape index (κ1) is 20.7. The zero-order chi connectivity index (χ0) is 21.6. The lowest BCUT2D eigenvalue weighted by Gasteiger charge is -2.11. The van der Waals surface area contributed by atoms with Crippen LogP contribution in [0.2, 0.25) is 0 Å². The van der Waals surface area contributed by atoms with Gasteiger partial charge in [-0.05, 0) is 68.0 Å². The monoisotopic (exact) mass is 432 g/mol. The molecule has 0 spiro atoms. The quantitative estimate of drug-likeness (QED) is 0.380. The van der Waals surface area contributed by atoms with E-state index in [0.717, 1.165) is 39.9 Å². The van der Waals surface area contributed by atoms with Crippen molar-refractivity contribution in [1.29, 1.82) is 0 Å². The number of aromatic nitrogens is 2. The smallest absolute Gasteiger partial charge is 0.171 e. The molecule has 2 heterocycles. The molecular weight excluding hydrogens is 408 g/mol. The molecule has 2 aromatic heterocycles. The van der Waals surface area contributed by atoms with Crippen LogP contribution >= 0.6 is 12.2 Å². The van der Waals surface area contributed by atoms with Crippen molar-refractivity contribution in [2.45, 2.75) is 26.9 Å². The molecule has 0 unspecified atom stereocenters. The minimum absolute atomic E-state index is 0.527. The second-order valence-corrected chi connectivity index (χ2v) is 7.56. The summed E-state index contributed by atoms with van der Waals surface area (Å²) in [6.07, 6.45) is 1.64. The molecule has 0 aliphatic heterocycles. The van der Waals surface area contributed by atoms with Gasteiger partial charge in [0.05, 0.1) is 36.4 Å². The summed E-state index contributed by atoms with van der Waals surface area (Å²) in [6, 6.07) is 21.6. The molecule has 7 heteroatoms. The second-order valence-electron chi connectivity index (χ2n) is 7.15. The summed E-state index contributed by atoms with van der Waals surface area (Å²) < 4.78 is 13.2. The topological polar surface area (TPSA) is 64.2 Å². The number of rotatable bonds is 7. The number of ether oxygens (including phenoxy) is 1. The Balaban J connectivity index is 1.42. The maximum absolute atomic E-state index is 5.95. The molecule has 0 saturated heterocycles. The van der Waals surface area contributed by atoms with Crippen LogP contribution in [-0.2, 0) is 13.1 Å². The Kier molecular flexibility index (Phi) is 6.33. The van der Waals surface area contributed by atoms with Crippen LogP contribution < -0.4 is 15.4 Å². The van der Waals surface area contributed by atoms with Gasteiger partial charge in [-0.25, -0.2) is 0 Å². The van der Waals surface area contributed by atoms with Crippen molar-refractivity contribution in [1.82, 2.24) is 15.1 Å². The number of hydrogen-bond donors (Lipinski definition) is 2. The fourth-order valence-corrected chi connectivity index (χ4v) is 3.45. The number of hydrogen-bond acceptors (Lipinski definition) is 4. The molecule has 0 bridgehead atoms. The van der Waals surface area contributed by atoms with Crippen molar-refractivity contribution in [3.8, 4) is 11.5 Å². The van der Waals surface area contributed by atoms with Crippen molar-refractivity contribution in [3.63, 3.8) is 0 Å². The van der Waals surface area contributed by atoms with Crippen LogP contribution in [0.15, 0.2) is 77.4 Å². The van der Waals surface area contributed by atoms with Gasteiger partial charge in [-0.2, -0.15) is 5.10 Å². The van der Waals surface area contributed by atoms with Gasteiger partial charge >= 0.3 is 0 Å². The van der Waals surface area contributed by atoms with E-state index >= 15 is 0 Å². The van der Waals surface area contributed by atoms with Crippen LogP contribution in [0.1, 0.15) is 22.7 Å². The molecule has 0 aliphatic carbocycles. The summed E-state index contributed by atoms with van der Waals surface area (Å²) in [5.41, 5.74) is 3.91. The third-order valence-corrected chi connectivity index (χ3v) is 5.08. The number of para-hydroxylation sites is 1. The van der Waals surface area contributed by atoms with Crippen LogP contribution in [0, 0.1) is 13.8 Å². The van der Waals surface area contributed by atoms with E-state index in [1.807, 2.05) is 79.2 Å². The Bertz CT molecular complexity index is 1150. The lowest BCUT2D eigenvalue weighted by molar-refractivity contribution is 0.481. The Hall–Kier alpha value is -3.58. The first-order chi connectivity index (χ1) is 15.1. The van der Waals surface area contributed by atoms with Gasteiger partial charge in [0.1, 0.15) is 17.3 Å². The Morgan fingerprint density at radius 1 is 1.03 bits per heavy atom. The average Bonchev–Trinajstić information content (AvgIpc) is 3.38. The Morgan fingerprint density at radius 3 is 2.61 bits per heavy atom. The van der Waals surface area contributed by atoms with Gasteiger partial charge in [0.25, 0.3) is 0 Å². The standard InChI is InChI=1S/C24H24N4O2S/c1-17-23(26-24(31)25-15-22-12-7-13-29-22)18(2)28(27-17)16-19-8-6-11-21(14-19)30-20-9-4-3-5-10-20/h3-14H,15-16H2,1-2H3,(H2,25,26,31). The summed E-state index contributed by atoms with van der Waals surface area (Å²) in [5.74, 6) is 2.44. The minimum Gasteiger partial charge on any atom is -0.467 e. The minimum atomic E-state index is 0.527. The first-order valence-corrected chi connectivity index (χ1v) is 10.4. The summed E-state index contributed by atoms with van der Waals surface area (Å²) in [7, 11) is 0. The van der Waals surface area contributed by atoms with Crippen molar-refractivity contribution in [3.05, 3.63) is 95.7 Å². The molecule has 2 aromatic carbocycles. The van der Waals surface area contributed by atoms with Gasteiger partial charge in [-0.1, -0.05) is 30.3 Å². The fraction of sp³-hybridized carbons (Fsp3) is 0.167. The summed E-state index contributed by atoms with van der Waals surface area (Å²) in [4.78, 5) is 0. The van der Waals surface area contributed by atoms with Crippen molar-refractivity contribution >= 4 is 23.0 Å². The maximum Gasteiger partial charge on any atom is 0.171 e. The number of nitrogens with one attached hydrogen (secondary N) is 2. The van der Waals surface area contributed by atoms with Crippen LogP contribution in [-0.4, -0.2) is 14.9 Å². The Morgan fingerprint density at radius 2 is 1.84 bits per heavy atom. The predicted octanol–water partition coefficient (Wildman–Crippen LogP) is 5.42. The number of aryl methyl sites for hydroxylation is 1. The number of anilines is 1. The normalized spacial score (nSPS) is 10.6. The van der Waals surface area contributed by atoms with Gasteiger partial charge in [0.2, 0.25) is 0 Å². The summed E-state index contributed by atoms with van der Waals surface area (Å²) in [5, 5.41) is 11.6. The third kappa shape index (κ3) is 5.32. The molecule has 6 nitrogen and oxygen atoms in total. The van der Waals surface area contributed by atoms with Crippen molar-refractivity contribution < 1.29 is 9.15 Å². The van der Waals surface area contributed by atoms with Gasteiger partial charge in [-0.15, -0.1) is 0 Å². The molecule has 4 rings (SSSR count). The van der Waals surface area contributed by atoms with Crippen LogP contribution in [0.3, 0.4) is 0 Å². The predicted molar refractivity (Wildman–Crippen MR) is 126 cm³/mol. The van der Waals surface area contributed by atoms with Crippen LogP contribution in [0.4, 0.5) is 5.69 Å². The van der Waals surface area contributed by atoms with Gasteiger partial charge in [0.15, 0.2) is 5.11 Å². The fourth-order valence-electron chi connectivity index (χ4n) is 3.27. The van der Waals surface area contributed by atoms with Gasteiger partial charge in [0, 0.05) is 0 Å². The molecule has 0 fully saturated rings. The molecule has 0 saturated carbocycles. The molecule has 0 radical (unpaired) electrons. The van der Waals surface area contributed by atoms with E-state index in [2.05, 4.69) is 21.8 Å². The Labute approximate surface area is 186 Å². The molecule has 31 heavy (non-hydrogen) atoms. The van der Waals surface area contributed by atoms with E-state index in [-0.39, 0.29) is 0 Å². The molecule has 0 atom stereocenters. The molecule has 4 aromatic rings. The lowest BCUT2D eigenvalue weighted by Crippen LogP contribution is -2.28. The first-order valence-electron chi connectivity index (χ1n) is 10.0. The molecule has 2 N–H and O–H groups in total. The van der Waals surface area contributed by atoms with Crippen LogP contribution in [0.25, 0.3) is 0 Å². The highest BCUT2D eigenvalue weighted by Gasteiger charge is 2.13. The van der Waals surface area contributed by atoms with E-state index in [1.54, 1.807) is 6.26 Å². The van der Waals surface area contributed by atoms with Crippen molar-refractivity contribution in [2.24, 2.45) is 0 Å². The highest BCUT2D eigenvalue weighted by Crippen LogP contribution is 2.24. The van der Waals surface area contributed by atoms with E-state index in [4.69, 9.17) is 21.4 Å². The number of nitrogens with zero attached hydrogens (tertiary/aromatic N) is 2. The zero-order valence-electron chi connectivity index (χ0n) is 17.5. The molecule has 0 amide bonds. The summed E-state index contributed by atoms with van der Waals surface area (Å²) in [6.45, 7) is 5.16. The van der Waals surface area contributed by atoms with E-state index < -0.39 is 0 Å². The van der Waals surface area contributed by atoms with E-state index in [9.17, 15) is 0 Å². The van der Waals surface area contributed by atoms with Gasteiger partial charge < -0.3 is 19.8 Å². The number of benzene rings is 2. The average molecular weight is 433 g/mol. The van der Waals surface area contributed by atoms with Crippen molar-refractivity contribution in [2.75, 3.05) is 5.32 Å².